The fourth-order valence-electron chi connectivity index (χ4n) is 2.91. The predicted octanol–water partition coefficient (Wildman–Crippen LogP) is 4.46. The number of methoxy groups -OCH3 is 1. The van der Waals surface area contributed by atoms with Gasteiger partial charge < -0.3 is 10.1 Å². The molecular weight excluding hydrogens is 462 g/mol. The topological polar surface area (TPSA) is 75.7 Å². The molecule has 3 aromatic rings. The summed E-state index contributed by atoms with van der Waals surface area (Å²) >= 11 is 6.08. The van der Waals surface area contributed by atoms with E-state index in [4.69, 9.17) is 16.3 Å². The third-order valence-corrected chi connectivity index (χ3v) is 6.57. The Morgan fingerprint density at radius 2 is 1.78 bits per heavy atom. The zero-order chi connectivity index (χ0) is 23.3. The van der Waals surface area contributed by atoms with Crippen molar-refractivity contribution in [3.63, 3.8) is 0 Å². The van der Waals surface area contributed by atoms with E-state index in [1.807, 2.05) is 0 Å². The summed E-state index contributed by atoms with van der Waals surface area (Å²) in [5.41, 5.74) is 0.236. The van der Waals surface area contributed by atoms with Gasteiger partial charge in [-0.3, -0.25) is 4.79 Å². The molecule has 3 rings (SSSR count). The van der Waals surface area contributed by atoms with Crippen LogP contribution in [0, 0.1) is 11.6 Å². The van der Waals surface area contributed by atoms with Gasteiger partial charge in [0.2, 0.25) is 15.9 Å². The number of carbonyl (C=O) groups excluding carboxylic acids is 1. The molecule has 0 aliphatic carbocycles. The number of hydrogen-bond acceptors (Lipinski definition) is 4. The van der Waals surface area contributed by atoms with Crippen molar-refractivity contribution in [3.05, 3.63) is 89.0 Å². The zero-order valence-electron chi connectivity index (χ0n) is 16.9. The molecule has 0 atom stereocenters. The van der Waals surface area contributed by atoms with Crippen LogP contribution in [0.3, 0.4) is 0 Å². The molecule has 0 saturated heterocycles. The van der Waals surface area contributed by atoms with Crippen molar-refractivity contribution >= 4 is 33.2 Å². The third-order valence-electron chi connectivity index (χ3n) is 4.49. The van der Waals surface area contributed by atoms with Crippen LogP contribution in [0.4, 0.5) is 14.5 Å². The highest BCUT2D eigenvalue weighted by atomic mass is 35.5. The van der Waals surface area contributed by atoms with Gasteiger partial charge in [0.25, 0.3) is 0 Å². The lowest BCUT2D eigenvalue weighted by molar-refractivity contribution is -0.116. The van der Waals surface area contributed by atoms with Crippen LogP contribution in [-0.4, -0.2) is 32.3 Å². The van der Waals surface area contributed by atoms with Gasteiger partial charge in [-0.2, -0.15) is 4.31 Å². The van der Waals surface area contributed by atoms with E-state index in [1.54, 1.807) is 30.3 Å². The highest BCUT2D eigenvalue weighted by Gasteiger charge is 2.28. The van der Waals surface area contributed by atoms with E-state index in [0.29, 0.717) is 11.3 Å². The number of nitrogens with zero attached hydrogens (tertiary/aromatic N) is 1. The van der Waals surface area contributed by atoms with Gasteiger partial charge in [-0.25, -0.2) is 17.2 Å². The summed E-state index contributed by atoms with van der Waals surface area (Å²) in [4.78, 5) is 12.4. The number of rotatable bonds is 8. The Labute approximate surface area is 189 Å². The summed E-state index contributed by atoms with van der Waals surface area (Å²) in [5.74, 6) is -2.14. The molecule has 0 aromatic heterocycles. The molecule has 3 aromatic carbocycles. The number of anilines is 1. The second-order valence-corrected chi connectivity index (χ2v) is 9.07. The molecule has 0 saturated carbocycles. The Bertz CT molecular complexity index is 1220. The molecule has 10 heteroatoms. The van der Waals surface area contributed by atoms with Crippen LogP contribution in [0.5, 0.6) is 5.75 Å². The number of benzene rings is 3. The van der Waals surface area contributed by atoms with E-state index < -0.39 is 34.1 Å². The van der Waals surface area contributed by atoms with Crippen molar-refractivity contribution < 1.29 is 26.7 Å². The maximum atomic E-state index is 13.9. The van der Waals surface area contributed by atoms with Gasteiger partial charge in [0.15, 0.2) is 0 Å². The van der Waals surface area contributed by atoms with E-state index in [-0.39, 0.29) is 22.2 Å². The second-order valence-electron chi connectivity index (χ2n) is 6.73. The maximum Gasteiger partial charge on any atom is 0.243 e. The number of carbonyl (C=O) groups is 1. The van der Waals surface area contributed by atoms with Crippen molar-refractivity contribution in [1.82, 2.24) is 4.31 Å². The van der Waals surface area contributed by atoms with Crippen molar-refractivity contribution in [1.29, 1.82) is 0 Å². The van der Waals surface area contributed by atoms with E-state index in [1.165, 1.54) is 25.3 Å². The van der Waals surface area contributed by atoms with E-state index in [9.17, 15) is 22.0 Å². The first-order chi connectivity index (χ1) is 15.2. The first kappa shape index (κ1) is 23.6. The molecule has 168 valence electrons. The van der Waals surface area contributed by atoms with Crippen molar-refractivity contribution in [2.45, 2.75) is 11.4 Å². The van der Waals surface area contributed by atoms with Crippen LogP contribution in [0.1, 0.15) is 5.56 Å². The molecule has 0 heterocycles. The van der Waals surface area contributed by atoms with Crippen LogP contribution in [0.2, 0.25) is 5.02 Å². The van der Waals surface area contributed by atoms with Crippen LogP contribution < -0.4 is 10.1 Å². The summed E-state index contributed by atoms with van der Waals surface area (Å²) in [6, 6.07) is 15.1. The van der Waals surface area contributed by atoms with E-state index in [2.05, 4.69) is 5.32 Å². The molecule has 1 amide bonds. The molecular formula is C22H19ClF2N2O4S. The predicted molar refractivity (Wildman–Crippen MR) is 117 cm³/mol. The van der Waals surface area contributed by atoms with Crippen LogP contribution in [0.25, 0.3) is 0 Å². The maximum absolute atomic E-state index is 13.9. The number of sulfonamides is 1. The third kappa shape index (κ3) is 5.61. The summed E-state index contributed by atoms with van der Waals surface area (Å²) in [7, 11) is -2.79. The lowest BCUT2D eigenvalue weighted by Gasteiger charge is -2.22. The SMILES string of the molecule is COc1ccc(S(=O)(=O)N(CC(=O)Nc2cc(F)ccc2F)Cc2ccccc2)cc1Cl. The summed E-state index contributed by atoms with van der Waals surface area (Å²) in [6.45, 7) is -0.775. The largest absolute Gasteiger partial charge is 0.495 e. The van der Waals surface area contributed by atoms with Gasteiger partial charge >= 0.3 is 0 Å². The summed E-state index contributed by atoms with van der Waals surface area (Å²) < 4.78 is 59.9. The van der Waals surface area contributed by atoms with E-state index >= 15 is 0 Å². The van der Waals surface area contributed by atoms with Gasteiger partial charge in [0, 0.05) is 12.6 Å². The van der Waals surface area contributed by atoms with Crippen molar-refractivity contribution in [2.24, 2.45) is 0 Å². The molecule has 0 unspecified atom stereocenters. The Morgan fingerprint density at radius 3 is 2.44 bits per heavy atom. The lowest BCUT2D eigenvalue weighted by atomic mass is 10.2. The summed E-state index contributed by atoms with van der Waals surface area (Å²) in [5, 5.41) is 2.30. The number of ether oxygens (including phenoxy) is 1. The van der Waals surface area contributed by atoms with Crippen LogP contribution in [-0.2, 0) is 21.4 Å². The molecule has 0 aliphatic heterocycles. The highest BCUT2D eigenvalue weighted by molar-refractivity contribution is 7.89. The zero-order valence-corrected chi connectivity index (χ0v) is 18.5. The van der Waals surface area contributed by atoms with Crippen molar-refractivity contribution in [2.75, 3.05) is 19.0 Å². The number of nitrogens with one attached hydrogen (secondary N) is 1. The lowest BCUT2D eigenvalue weighted by Crippen LogP contribution is -2.37. The standard InChI is InChI=1S/C22H19ClF2N2O4S/c1-31-21-10-8-17(12-18(21)23)32(29,30)27(13-15-5-3-2-4-6-15)14-22(28)26-20-11-16(24)7-9-19(20)25/h2-12H,13-14H2,1H3,(H,26,28). The Balaban J connectivity index is 1.91. The van der Waals surface area contributed by atoms with Gasteiger partial charge in [0.05, 0.1) is 29.3 Å². The van der Waals surface area contributed by atoms with Crippen LogP contribution in [0.15, 0.2) is 71.6 Å². The second kappa shape index (κ2) is 10.1. The quantitative estimate of drug-likeness (QED) is 0.516. The first-order valence-corrected chi connectivity index (χ1v) is 11.1. The average Bonchev–Trinajstić information content (AvgIpc) is 2.76. The van der Waals surface area contributed by atoms with Gasteiger partial charge in [-0.15, -0.1) is 0 Å². The van der Waals surface area contributed by atoms with Crippen LogP contribution >= 0.6 is 11.6 Å². The van der Waals surface area contributed by atoms with Crippen molar-refractivity contribution in [3.8, 4) is 5.75 Å². The number of amides is 1. The minimum atomic E-state index is -4.19. The minimum Gasteiger partial charge on any atom is -0.495 e. The molecule has 0 spiro atoms. The molecule has 0 radical (unpaired) electrons. The Kier molecular flexibility index (Phi) is 7.44. The van der Waals surface area contributed by atoms with Gasteiger partial charge in [-0.05, 0) is 35.9 Å². The molecule has 0 fully saturated rings. The smallest absolute Gasteiger partial charge is 0.243 e. The molecule has 6 nitrogen and oxygen atoms in total. The van der Waals surface area contributed by atoms with Gasteiger partial charge in [-0.1, -0.05) is 41.9 Å². The van der Waals surface area contributed by atoms with E-state index in [0.717, 1.165) is 22.5 Å². The minimum absolute atomic E-state index is 0.0829. The first-order valence-electron chi connectivity index (χ1n) is 9.33. The molecule has 1 N–H and O–H groups in total. The monoisotopic (exact) mass is 480 g/mol. The number of halogens is 3. The molecule has 0 aliphatic rings. The normalized spacial score (nSPS) is 11.4. The fraction of sp³-hybridized carbons (Fsp3) is 0.136. The fourth-order valence-corrected chi connectivity index (χ4v) is 4.65. The van der Waals surface area contributed by atoms with Gasteiger partial charge in [0.1, 0.15) is 17.4 Å². The summed E-state index contributed by atoms with van der Waals surface area (Å²) in [6.07, 6.45) is 0. The highest BCUT2D eigenvalue weighted by Crippen LogP contribution is 2.29. The molecule has 0 bridgehead atoms. The average molecular weight is 481 g/mol. The molecule has 32 heavy (non-hydrogen) atoms. The Hall–Kier alpha value is -3.01. The number of hydrogen-bond donors (Lipinski definition) is 1. The Morgan fingerprint density at radius 1 is 1.06 bits per heavy atom.